The lowest BCUT2D eigenvalue weighted by Gasteiger charge is -2.15. The van der Waals surface area contributed by atoms with Gasteiger partial charge in [0, 0.05) is 24.1 Å². The van der Waals surface area contributed by atoms with Gasteiger partial charge in [-0.25, -0.2) is 9.97 Å². The Morgan fingerprint density at radius 2 is 2.23 bits per heavy atom. The Hall–Kier alpha value is -4.02. The van der Waals surface area contributed by atoms with Crippen LogP contribution in [-0.4, -0.2) is 54.9 Å². The van der Waals surface area contributed by atoms with Crippen molar-refractivity contribution in [1.29, 1.82) is 0 Å². The molecular formula is C20H21N9O2. The standard InChI is InChI=1S/C20H21N9O2/c1-21-20(30)15-13(14-19(27-26-15)25-17(24-14)10-7-8-10)23-12-6-4-5-11(16(12)31-3)18-22-9-29(2)28-18/h4-6,9-10H,7-8H2,1-3H3,(H,21,30)(H2,23,24,25,27)/i1D3. The van der Waals surface area contributed by atoms with Gasteiger partial charge in [-0.2, -0.15) is 5.10 Å². The minimum atomic E-state index is -2.69. The van der Waals surface area contributed by atoms with Crippen LogP contribution in [0, 0.1) is 0 Å². The Kier molecular flexibility index (Phi) is 3.74. The van der Waals surface area contributed by atoms with Crippen LogP contribution in [0.1, 0.15) is 39.2 Å². The lowest BCUT2D eigenvalue weighted by atomic mass is 10.1. The van der Waals surface area contributed by atoms with Crippen molar-refractivity contribution in [3.05, 3.63) is 36.0 Å². The molecule has 4 aromatic rings. The summed E-state index contributed by atoms with van der Waals surface area (Å²) in [5.41, 5.74) is 1.91. The Labute approximate surface area is 181 Å². The summed E-state index contributed by atoms with van der Waals surface area (Å²) in [5.74, 6) is 1.04. The highest BCUT2D eigenvalue weighted by Crippen LogP contribution is 2.41. The number of fused-ring (bicyclic) bond motifs is 1. The molecule has 0 unspecified atom stereocenters. The maximum Gasteiger partial charge on any atom is 0.273 e. The van der Waals surface area contributed by atoms with Crippen LogP contribution < -0.4 is 15.4 Å². The molecule has 1 saturated carbocycles. The van der Waals surface area contributed by atoms with Gasteiger partial charge in [0.25, 0.3) is 5.91 Å². The normalized spacial score (nSPS) is 15.2. The number of carbonyl (C=O) groups is 1. The molecule has 0 radical (unpaired) electrons. The molecule has 1 aliphatic carbocycles. The molecule has 11 heteroatoms. The second-order valence-electron chi connectivity index (χ2n) is 7.23. The third-order valence-electron chi connectivity index (χ3n) is 5.05. The first kappa shape index (κ1) is 15.8. The van der Waals surface area contributed by atoms with E-state index in [1.807, 2.05) is 11.4 Å². The van der Waals surface area contributed by atoms with E-state index in [4.69, 9.17) is 8.85 Å². The molecule has 11 nitrogen and oxygen atoms in total. The Bertz CT molecular complexity index is 1390. The van der Waals surface area contributed by atoms with Crippen molar-refractivity contribution in [1.82, 2.24) is 40.2 Å². The van der Waals surface area contributed by atoms with Crippen molar-refractivity contribution in [2.45, 2.75) is 18.8 Å². The Morgan fingerprint density at radius 3 is 2.94 bits per heavy atom. The number of anilines is 2. The fourth-order valence-electron chi connectivity index (χ4n) is 3.41. The van der Waals surface area contributed by atoms with Crippen LogP contribution in [0.25, 0.3) is 22.6 Å². The zero-order valence-electron chi connectivity index (χ0n) is 19.8. The number of imidazole rings is 1. The predicted molar refractivity (Wildman–Crippen MR) is 113 cm³/mol. The number of aromatic amines is 1. The van der Waals surface area contributed by atoms with Crippen LogP contribution in [0.5, 0.6) is 5.75 Å². The van der Waals surface area contributed by atoms with Gasteiger partial charge in [-0.15, -0.1) is 10.2 Å². The van der Waals surface area contributed by atoms with E-state index in [9.17, 15) is 4.79 Å². The summed E-state index contributed by atoms with van der Waals surface area (Å²) < 4.78 is 29.4. The van der Waals surface area contributed by atoms with Gasteiger partial charge < -0.3 is 20.4 Å². The number of nitrogens with zero attached hydrogens (tertiary/aromatic N) is 6. The number of methoxy groups -OCH3 is 1. The SMILES string of the molecule is [2H]C([2H])([2H])NC(=O)c1nnc2nc(C3CC3)[nH]c2c1Nc1cccc(-c2ncn(C)n2)c1OC. The van der Waals surface area contributed by atoms with Crippen molar-refractivity contribution < 1.29 is 13.6 Å². The molecule has 31 heavy (non-hydrogen) atoms. The van der Waals surface area contributed by atoms with Gasteiger partial charge in [0.1, 0.15) is 23.4 Å². The zero-order valence-corrected chi connectivity index (χ0v) is 16.8. The molecule has 0 saturated heterocycles. The first-order chi connectivity index (χ1) is 16.2. The highest BCUT2D eigenvalue weighted by Gasteiger charge is 2.29. The Balaban J connectivity index is 1.64. The largest absolute Gasteiger partial charge is 0.494 e. The molecule has 0 atom stereocenters. The summed E-state index contributed by atoms with van der Waals surface area (Å²) in [7, 11) is 3.27. The maximum absolute atomic E-state index is 12.8. The number of hydrogen-bond acceptors (Lipinski definition) is 8. The van der Waals surface area contributed by atoms with Crippen LogP contribution in [0.2, 0.25) is 0 Å². The molecule has 1 fully saturated rings. The molecule has 5 rings (SSSR count). The van der Waals surface area contributed by atoms with Gasteiger partial charge in [-0.3, -0.25) is 9.48 Å². The van der Waals surface area contributed by atoms with Gasteiger partial charge in [0.05, 0.1) is 18.4 Å². The first-order valence-corrected chi connectivity index (χ1v) is 9.62. The van der Waals surface area contributed by atoms with Crippen molar-refractivity contribution >= 4 is 28.4 Å². The highest BCUT2D eigenvalue weighted by atomic mass is 16.5. The van der Waals surface area contributed by atoms with Crippen LogP contribution in [-0.2, 0) is 7.05 Å². The van der Waals surface area contributed by atoms with Crippen LogP contribution in [0.4, 0.5) is 11.4 Å². The molecule has 1 amide bonds. The van der Waals surface area contributed by atoms with E-state index in [1.165, 1.54) is 7.11 Å². The van der Waals surface area contributed by atoms with Gasteiger partial charge in [-0.1, -0.05) is 6.07 Å². The zero-order chi connectivity index (χ0) is 24.0. The lowest BCUT2D eigenvalue weighted by molar-refractivity contribution is 0.0958. The van der Waals surface area contributed by atoms with E-state index >= 15 is 0 Å². The highest BCUT2D eigenvalue weighted by molar-refractivity contribution is 6.05. The van der Waals surface area contributed by atoms with Crippen LogP contribution in [0.3, 0.4) is 0 Å². The Morgan fingerprint density at radius 1 is 1.35 bits per heavy atom. The molecule has 3 heterocycles. The van der Waals surface area contributed by atoms with E-state index in [0.29, 0.717) is 39.9 Å². The molecular weight excluding hydrogens is 398 g/mol. The van der Waals surface area contributed by atoms with E-state index in [-0.39, 0.29) is 11.4 Å². The molecule has 3 N–H and O–H groups in total. The van der Waals surface area contributed by atoms with E-state index < -0.39 is 12.9 Å². The number of ether oxygens (including phenoxy) is 1. The molecule has 1 aliphatic rings. The van der Waals surface area contributed by atoms with E-state index in [2.05, 4.69) is 35.6 Å². The number of benzene rings is 1. The van der Waals surface area contributed by atoms with Gasteiger partial charge >= 0.3 is 0 Å². The number of H-pyrrole nitrogens is 1. The number of amides is 1. The van der Waals surface area contributed by atoms with Crippen molar-refractivity contribution in [3.63, 3.8) is 0 Å². The minimum Gasteiger partial charge on any atom is -0.494 e. The van der Waals surface area contributed by atoms with Gasteiger partial charge in [0.2, 0.25) is 5.65 Å². The minimum absolute atomic E-state index is 0.196. The predicted octanol–water partition coefficient (Wildman–Crippen LogP) is 2.14. The maximum atomic E-state index is 12.8. The summed E-state index contributed by atoms with van der Waals surface area (Å²) in [6.45, 7) is -2.69. The van der Waals surface area contributed by atoms with Crippen molar-refractivity contribution in [2.75, 3.05) is 19.4 Å². The van der Waals surface area contributed by atoms with Crippen molar-refractivity contribution in [3.8, 4) is 17.1 Å². The number of nitrogens with one attached hydrogen (secondary N) is 3. The third-order valence-corrected chi connectivity index (χ3v) is 5.05. The summed E-state index contributed by atoms with van der Waals surface area (Å²) in [4.78, 5) is 24.8. The third kappa shape index (κ3) is 3.33. The quantitative estimate of drug-likeness (QED) is 0.430. The van der Waals surface area contributed by atoms with E-state index in [1.54, 1.807) is 30.2 Å². The molecule has 0 aliphatic heterocycles. The molecule has 158 valence electrons. The summed E-state index contributed by atoms with van der Waals surface area (Å²) in [6.07, 6.45) is 3.59. The smallest absolute Gasteiger partial charge is 0.273 e. The molecule has 0 spiro atoms. The average Bonchev–Trinajstić information content (AvgIpc) is 3.39. The first-order valence-electron chi connectivity index (χ1n) is 11.1. The summed E-state index contributed by atoms with van der Waals surface area (Å²) >= 11 is 0. The molecule has 3 aromatic heterocycles. The fraction of sp³-hybridized carbons (Fsp3) is 0.300. The van der Waals surface area contributed by atoms with Gasteiger partial charge in [-0.05, 0) is 25.0 Å². The summed E-state index contributed by atoms with van der Waals surface area (Å²) in [5, 5.41) is 17.5. The van der Waals surface area contributed by atoms with E-state index in [0.717, 1.165) is 18.7 Å². The van der Waals surface area contributed by atoms with Crippen LogP contribution >= 0.6 is 0 Å². The summed E-state index contributed by atoms with van der Waals surface area (Å²) in [6, 6.07) is 5.34. The lowest BCUT2D eigenvalue weighted by Crippen LogP contribution is -2.21. The number of aromatic nitrogens is 7. The number of aryl methyl sites for hydroxylation is 1. The van der Waals surface area contributed by atoms with Crippen molar-refractivity contribution in [2.24, 2.45) is 7.05 Å². The topological polar surface area (TPSA) is 136 Å². The number of carbonyl (C=O) groups excluding carboxylic acids is 1. The number of hydrogen-bond donors (Lipinski definition) is 3. The average molecular weight is 422 g/mol. The van der Waals surface area contributed by atoms with Crippen LogP contribution in [0.15, 0.2) is 24.5 Å². The van der Waals surface area contributed by atoms with Gasteiger partial charge in [0.15, 0.2) is 17.3 Å². The second-order valence-corrected chi connectivity index (χ2v) is 7.23. The second kappa shape index (κ2) is 7.35. The molecule has 1 aromatic carbocycles. The number of para-hydroxylation sites is 1. The molecule has 0 bridgehead atoms. The monoisotopic (exact) mass is 422 g/mol. The number of rotatable bonds is 6. The fourth-order valence-corrected chi connectivity index (χ4v) is 3.41.